The molecule has 0 fully saturated rings. The van der Waals surface area contributed by atoms with Crippen LogP contribution >= 0.6 is 11.3 Å². The van der Waals surface area contributed by atoms with E-state index in [1.165, 1.54) is 20.2 Å². The normalized spacial score (nSPS) is 11.7. The summed E-state index contributed by atoms with van der Waals surface area (Å²) in [6, 6.07) is 31.5. The highest BCUT2D eigenvalue weighted by molar-refractivity contribution is 7.26. The Morgan fingerprint density at radius 2 is 1.45 bits per heavy atom. The average Bonchev–Trinajstić information content (AvgIpc) is 3.53. The van der Waals surface area contributed by atoms with Crippen LogP contribution in [0.3, 0.4) is 0 Å². The average molecular weight is 506 g/mol. The van der Waals surface area contributed by atoms with Crippen molar-refractivity contribution in [2.75, 3.05) is 0 Å². The van der Waals surface area contributed by atoms with Crippen molar-refractivity contribution in [3.63, 3.8) is 0 Å². The minimum Gasteiger partial charge on any atom is -0.304 e. The molecule has 178 valence electrons. The molecule has 0 atom stereocenters. The van der Waals surface area contributed by atoms with E-state index in [-0.39, 0.29) is 0 Å². The molecular weight excluding hydrogens is 486 g/mol. The van der Waals surface area contributed by atoms with Crippen molar-refractivity contribution >= 4 is 53.4 Å². The first-order valence-corrected chi connectivity index (χ1v) is 13.2. The number of pyridine rings is 2. The molecule has 0 amide bonds. The van der Waals surface area contributed by atoms with Gasteiger partial charge in [0.1, 0.15) is 0 Å². The van der Waals surface area contributed by atoms with Gasteiger partial charge >= 0.3 is 0 Å². The summed E-state index contributed by atoms with van der Waals surface area (Å²) in [5.41, 5.74) is 6.97. The van der Waals surface area contributed by atoms with E-state index >= 15 is 0 Å². The van der Waals surface area contributed by atoms with Crippen LogP contribution in [0.4, 0.5) is 0 Å². The van der Waals surface area contributed by atoms with Gasteiger partial charge in [-0.15, -0.1) is 11.3 Å². The van der Waals surface area contributed by atoms with Crippen LogP contribution < -0.4 is 0 Å². The van der Waals surface area contributed by atoms with Crippen LogP contribution in [0.5, 0.6) is 0 Å². The Morgan fingerprint density at radius 1 is 0.632 bits per heavy atom. The Morgan fingerprint density at radius 3 is 2.29 bits per heavy atom. The summed E-state index contributed by atoms with van der Waals surface area (Å²) in [5.74, 6) is 0.651. The van der Waals surface area contributed by atoms with Crippen LogP contribution in [0, 0.1) is 0 Å². The lowest BCUT2D eigenvalue weighted by Gasteiger charge is -2.09. The van der Waals surface area contributed by atoms with Gasteiger partial charge in [-0.25, -0.2) is 15.0 Å². The van der Waals surface area contributed by atoms with Crippen LogP contribution in [0.2, 0.25) is 0 Å². The maximum absolute atomic E-state index is 5.19. The van der Waals surface area contributed by atoms with Crippen molar-refractivity contribution in [2.24, 2.45) is 0 Å². The van der Waals surface area contributed by atoms with Crippen LogP contribution in [-0.4, -0.2) is 24.5 Å². The molecule has 0 aliphatic rings. The molecule has 3 aromatic carbocycles. The van der Waals surface area contributed by atoms with Gasteiger partial charge in [0.05, 0.1) is 40.3 Å². The van der Waals surface area contributed by atoms with E-state index in [1.54, 1.807) is 12.4 Å². The van der Waals surface area contributed by atoms with Gasteiger partial charge in [0.2, 0.25) is 0 Å². The molecule has 38 heavy (non-hydrogen) atoms. The number of benzene rings is 3. The zero-order valence-electron chi connectivity index (χ0n) is 20.1. The van der Waals surface area contributed by atoms with E-state index in [4.69, 9.17) is 15.0 Å². The van der Waals surface area contributed by atoms with E-state index < -0.39 is 0 Å². The first kappa shape index (κ1) is 21.2. The molecular formula is C32H19N5S. The van der Waals surface area contributed by atoms with E-state index in [9.17, 15) is 0 Å². The maximum atomic E-state index is 5.19. The molecule has 0 radical (unpaired) electrons. The van der Waals surface area contributed by atoms with Gasteiger partial charge in [-0.1, -0.05) is 48.5 Å². The number of rotatable bonds is 3. The quantitative estimate of drug-likeness (QED) is 0.244. The second-order valence-corrected chi connectivity index (χ2v) is 10.3. The third kappa shape index (κ3) is 3.17. The fraction of sp³-hybridized carbons (Fsp3) is 0. The molecule has 8 aromatic rings. The van der Waals surface area contributed by atoms with Gasteiger partial charge in [0.15, 0.2) is 5.82 Å². The second kappa shape index (κ2) is 8.30. The number of thiophene rings is 1. The largest absolute Gasteiger partial charge is 0.304 e. The fourth-order valence-corrected chi connectivity index (χ4v) is 6.40. The Bertz CT molecular complexity index is 2110. The zero-order valence-corrected chi connectivity index (χ0v) is 20.9. The van der Waals surface area contributed by atoms with Crippen molar-refractivity contribution in [3.8, 4) is 28.3 Å². The molecule has 6 heteroatoms. The third-order valence-electron chi connectivity index (χ3n) is 7.00. The minimum atomic E-state index is 0.651. The standard InChI is InChI=1S/C32H19N5S/c1-2-7-20(8-3-1)25-13-14-26-30(36-25)24-12-15-28-29(23-10-4-5-11-27(23)38-28)31(24)37(26)22-18-34-32(35-19-22)21-9-6-16-33-17-21/h1-19H. The van der Waals surface area contributed by atoms with Crippen molar-refractivity contribution in [1.82, 2.24) is 24.5 Å². The highest BCUT2D eigenvalue weighted by Crippen LogP contribution is 2.42. The Labute approximate surface area is 221 Å². The van der Waals surface area contributed by atoms with Crippen molar-refractivity contribution < 1.29 is 0 Å². The molecule has 5 aromatic heterocycles. The minimum absolute atomic E-state index is 0.651. The third-order valence-corrected chi connectivity index (χ3v) is 8.13. The molecule has 5 nitrogen and oxygen atoms in total. The van der Waals surface area contributed by atoms with Gasteiger partial charge < -0.3 is 4.57 Å². The molecule has 0 saturated heterocycles. The number of hydrogen-bond acceptors (Lipinski definition) is 5. The Hall–Kier alpha value is -4.94. The summed E-state index contributed by atoms with van der Waals surface area (Å²) >= 11 is 1.82. The summed E-state index contributed by atoms with van der Waals surface area (Å²) in [4.78, 5) is 18.9. The van der Waals surface area contributed by atoms with Crippen LogP contribution in [0.1, 0.15) is 0 Å². The molecule has 0 aliphatic carbocycles. The van der Waals surface area contributed by atoms with E-state index in [0.717, 1.165) is 44.4 Å². The van der Waals surface area contributed by atoms with E-state index in [1.807, 2.05) is 54.1 Å². The van der Waals surface area contributed by atoms with Crippen molar-refractivity contribution in [1.29, 1.82) is 0 Å². The first-order valence-electron chi connectivity index (χ1n) is 12.4. The number of hydrogen-bond donors (Lipinski definition) is 0. The molecule has 0 spiro atoms. The van der Waals surface area contributed by atoms with Crippen LogP contribution in [-0.2, 0) is 0 Å². The van der Waals surface area contributed by atoms with Gasteiger partial charge in [-0.3, -0.25) is 4.98 Å². The van der Waals surface area contributed by atoms with Crippen molar-refractivity contribution in [2.45, 2.75) is 0 Å². The predicted octanol–water partition coefficient (Wildman–Crippen LogP) is 8.07. The molecule has 0 bridgehead atoms. The lowest BCUT2D eigenvalue weighted by Crippen LogP contribution is -1.98. The number of aromatic nitrogens is 5. The summed E-state index contributed by atoms with van der Waals surface area (Å²) in [7, 11) is 0. The lowest BCUT2D eigenvalue weighted by atomic mass is 10.1. The lowest BCUT2D eigenvalue weighted by molar-refractivity contribution is 1.08. The topological polar surface area (TPSA) is 56.5 Å². The number of fused-ring (bicyclic) bond motifs is 7. The van der Waals surface area contributed by atoms with Crippen LogP contribution in [0.25, 0.3) is 70.4 Å². The molecule has 0 aliphatic heterocycles. The first-order chi connectivity index (χ1) is 18.8. The van der Waals surface area contributed by atoms with Crippen LogP contribution in [0.15, 0.2) is 116 Å². The van der Waals surface area contributed by atoms with Gasteiger partial charge in [-0.05, 0) is 42.5 Å². The van der Waals surface area contributed by atoms with E-state index in [2.05, 4.69) is 70.2 Å². The van der Waals surface area contributed by atoms with Gasteiger partial charge in [0, 0.05) is 49.1 Å². The molecule has 0 unspecified atom stereocenters. The molecule has 0 N–H and O–H groups in total. The monoisotopic (exact) mass is 505 g/mol. The van der Waals surface area contributed by atoms with Crippen molar-refractivity contribution in [3.05, 3.63) is 116 Å². The molecule has 8 rings (SSSR count). The maximum Gasteiger partial charge on any atom is 0.160 e. The smallest absolute Gasteiger partial charge is 0.160 e. The Kier molecular flexibility index (Phi) is 4.62. The summed E-state index contributed by atoms with van der Waals surface area (Å²) in [5, 5.41) is 3.60. The van der Waals surface area contributed by atoms with E-state index in [0.29, 0.717) is 5.82 Å². The SMILES string of the molecule is c1ccc(-c2ccc3c(n2)c2ccc4sc5ccccc5c4c2n3-c2cnc(-c3cccnc3)nc2)cc1. The van der Waals surface area contributed by atoms with Gasteiger partial charge in [0.25, 0.3) is 0 Å². The summed E-state index contributed by atoms with van der Waals surface area (Å²) < 4.78 is 4.79. The number of nitrogens with zero attached hydrogens (tertiary/aromatic N) is 5. The molecule has 5 heterocycles. The fourth-order valence-electron chi connectivity index (χ4n) is 5.29. The molecule has 0 saturated carbocycles. The second-order valence-electron chi connectivity index (χ2n) is 9.21. The van der Waals surface area contributed by atoms with Gasteiger partial charge in [-0.2, -0.15) is 0 Å². The summed E-state index contributed by atoms with van der Waals surface area (Å²) in [6.45, 7) is 0. The Balaban J connectivity index is 1.46. The summed E-state index contributed by atoms with van der Waals surface area (Å²) in [6.07, 6.45) is 7.33. The highest BCUT2D eigenvalue weighted by Gasteiger charge is 2.20. The zero-order chi connectivity index (χ0) is 25.1. The highest BCUT2D eigenvalue weighted by atomic mass is 32.1. The predicted molar refractivity (Wildman–Crippen MR) is 156 cm³/mol.